The van der Waals surface area contributed by atoms with Crippen LogP contribution >= 0.6 is 0 Å². The number of rotatable bonds is 4. The van der Waals surface area contributed by atoms with Gasteiger partial charge in [0.05, 0.1) is 6.04 Å². The maximum absolute atomic E-state index is 11.0. The van der Waals surface area contributed by atoms with E-state index in [0.717, 1.165) is 19.4 Å². The van der Waals surface area contributed by atoms with Crippen LogP contribution in [-0.2, 0) is 4.79 Å². The molecule has 1 rings (SSSR count). The molecular weight excluding hydrogens is 198 g/mol. The second-order valence-electron chi connectivity index (χ2n) is 4.18. The number of ketones is 1. The number of nitrogens with zero attached hydrogens (tertiary/aromatic N) is 1. The summed E-state index contributed by atoms with van der Waals surface area (Å²) < 4.78 is 0. The Morgan fingerprint density at radius 1 is 1.56 bits per heavy atom. The second-order valence-corrected chi connectivity index (χ2v) is 4.18. The van der Waals surface area contributed by atoms with Crippen molar-refractivity contribution in [2.24, 2.45) is 0 Å². The molecule has 0 unspecified atom stereocenters. The van der Waals surface area contributed by atoms with Crippen molar-refractivity contribution >= 4 is 5.78 Å². The first-order valence-electron chi connectivity index (χ1n) is 5.96. The number of hydrogen-bond donors (Lipinski definition) is 0. The standard InChI is InChI=1S/C14H21NO/c1-3-8-14-9-6-4-5-7-11-15(14)12-10-13(2)16/h3,6,9-10,12,14H,1,4-5,7-8,11H2,2H3/b9-6-,12-10+/t14-/m1/s1. The lowest BCUT2D eigenvalue weighted by molar-refractivity contribution is -0.112. The Bertz CT molecular complexity index is 291. The number of carbonyl (C=O) groups is 1. The van der Waals surface area contributed by atoms with Gasteiger partial charge in [-0.3, -0.25) is 4.79 Å². The Morgan fingerprint density at radius 3 is 3.06 bits per heavy atom. The van der Waals surface area contributed by atoms with E-state index in [-0.39, 0.29) is 5.78 Å². The molecular formula is C14H21NO. The number of allylic oxidation sites excluding steroid dienone is 2. The minimum atomic E-state index is 0.100. The molecule has 0 aromatic rings. The fraction of sp³-hybridized carbons (Fsp3) is 0.500. The van der Waals surface area contributed by atoms with Crippen molar-refractivity contribution in [1.82, 2.24) is 4.90 Å². The SMILES string of the molecule is C=CC[C@@H]1/C=C\CCCCN1/C=C/C(C)=O. The van der Waals surface area contributed by atoms with E-state index in [1.807, 2.05) is 12.3 Å². The van der Waals surface area contributed by atoms with Crippen LogP contribution in [0.5, 0.6) is 0 Å². The summed E-state index contributed by atoms with van der Waals surface area (Å²) in [5.74, 6) is 0.100. The normalized spacial score (nSPS) is 23.8. The van der Waals surface area contributed by atoms with E-state index in [1.165, 1.54) is 12.8 Å². The molecule has 0 N–H and O–H groups in total. The van der Waals surface area contributed by atoms with Gasteiger partial charge in [0.2, 0.25) is 0 Å². The monoisotopic (exact) mass is 219 g/mol. The van der Waals surface area contributed by atoms with Crippen LogP contribution in [0.15, 0.2) is 37.1 Å². The van der Waals surface area contributed by atoms with Crippen LogP contribution in [0.2, 0.25) is 0 Å². The molecule has 0 radical (unpaired) electrons. The number of hydrogen-bond acceptors (Lipinski definition) is 2. The van der Waals surface area contributed by atoms with Crippen molar-refractivity contribution in [1.29, 1.82) is 0 Å². The minimum absolute atomic E-state index is 0.100. The van der Waals surface area contributed by atoms with Gasteiger partial charge in [0, 0.05) is 12.7 Å². The highest BCUT2D eigenvalue weighted by Gasteiger charge is 2.11. The fourth-order valence-electron chi connectivity index (χ4n) is 1.86. The van der Waals surface area contributed by atoms with Crippen LogP contribution in [0.3, 0.4) is 0 Å². The van der Waals surface area contributed by atoms with E-state index in [1.54, 1.807) is 13.0 Å². The Labute approximate surface area is 98.3 Å². The van der Waals surface area contributed by atoms with Crippen molar-refractivity contribution in [3.8, 4) is 0 Å². The van der Waals surface area contributed by atoms with Crippen LogP contribution in [0.1, 0.15) is 32.6 Å². The molecule has 0 aromatic carbocycles. The molecule has 16 heavy (non-hydrogen) atoms. The lowest BCUT2D eigenvalue weighted by Gasteiger charge is -2.29. The molecule has 0 aromatic heterocycles. The number of carbonyl (C=O) groups excluding carboxylic acids is 1. The van der Waals surface area contributed by atoms with Gasteiger partial charge in [-0.15, -0.1) is 6.58 Å². The Hall–Kier alpha value is -1.31. The Balaban J connectivity index is 2.71. The third-order valence-electron chi connectivity index (χ3n) is 2.73. The summed E-state index contributed by atoms with van der Waals surface area (Å²) in [6.45, 7) is 6.39. The summed E-state index contributed by atoms with van der Waals surface area (Å²) in [5.41, 5.74) is 0. The van der Waals surface area contributed by atoms with Crippen molar-refractivity contribution < 1.29 is 4.79 Å². The summed E-state index contributed by atoms with van der Waals surface area (Å²) in [6, 6.07) is 0.355. The molecule has 1 atom stereocenters. The zero-order valence-electron chi connectivity index (χ0n) is 10.1. The van der Waals surface area contributed by atoms with E-state index in [2.05, 4.69) is 23.6 Å². The van der Waals surface area contributed by atoms with E-state index in [4.69, 9.17) is 0 Å². The van der Waals surface area contributed by atoms with Gasteiger partial charge in [-0.2, -0.15) is 0 Å². The zero-order valence-corrected chi connectivity index (χ0v) is 10.1. The van der Waals surface area contributed by atoms with E-state index in [0.29, 0.717) is 6.04 Å². The third kappa shape index (κ3) is 4.47. The van der Waals surface area contributed by atoms with Crippen LogP contribution in [0.4, 0.5) is 0 Å². The van der Waals surface area contributed by atoms with Crippen LogP contribution in [-0.4, -0.2) is 23.3 Å². The maximum Gasteiger partial charge on any atom is 0.154 e. The van der Waals surface area contributed by atoms with E-state index in [9.17, 15) is 4.79 Å². The van der Waals surface area contributed by atoms with Crippen molar-refractivity contribution in [2.45, 2.75) is 38.6 Å². The first-order valence-corrected chi connectivity index (χ1v) is 5.96. The van der Waals surface area contributed by atoms with Gasteiger partial charge in [0.1, 0.15) is 0 Å². The van der Waals surface area contributed by atoms with Gasteiger partial charge in [0.15, 0.2) is 5.78 Å². The summed E-state index contributed by atoms with van der Waals surface area (Å²) in [4.78, 5) is 13.2. The van der Waals surface area contributed by atoms with E-state index < -0.39 is 0 Å². The minimum Gasteiger partial charge on any atom is -0.371 e. The van der Waals surface area contributed by atoms with Gasteiger partial charge in [-0.05, 0) is 38.7 Å². The molecule has 0 saturated carbocycles. The molecule has 0 aliphatic carbocycles. The lowest BCUT2D eigenvalue weighted by Crippen LogP contribution is -2.30. The summed E-state index contributed by atoms with van der Waals surface area (Å²) in [5, 5.41) is 0. The average Bonchev–Trinajstić information content (AvgIpc) is 2.21. The molecule has 2 heteroatoms. The van der Waals surface area contributed by atoms with Crippen molar-refractivity contribution in [3.63, 3.8) is 0 Å². The lowest BCUT2D eigenvalue weighted by atomic mass is 10.1. The third-order valence-corrected chi connectivity index (χ3v) is 2.73. The van der Waals surface area contributed by atoms with Crippen LogP contribution in [0.25, 0.3) is 0 Å². The predicted octanol–water partition coefficient (Wildman–Crippen LogP) is 3.08. The maximum atomic E-state index is 11.0. The topological polar surface area (TPSA) is 20.3 Å². The van der Waals surface area contributed by atoms with Crippen LogP contribution < -0.4 is 0 Å². The summed E-state index contributed by atoms with van der Waals surface area (Å²) in [6.07, 6.45) is 14.5. The molecule has 88 valence electrons. The predicted molar refractivity (Wildman–Crippen MR) is 68.1 cm³/mol. The molecule has 0 fully saturated rings. The average molecular weight is 219 g/mol. The van der Waals surface area contributed by atoms with Crippen molar-refractivity contribution in [2.75, 3.05) is 6.54 Å². The van der Waals surface area contributed by atoms with E-state index >= 15 is 0 Å². The molecule has 0 spiro atoms. The summed E-state index contributed by atoms with van der Waals surface area (Å²) in [7, 11) is 0. The molecule has 0 amide bonds. The highest BCUT2D eigenvalue weighted by atomic mass is 16.1. The highest BCUT2D eigenvalue weighted by molar-refractivity contribution is 5.87. The second kappa shape index (κ2) is 7.04. The van der Waals surface area contributed by atoms with Crippen molar-refractivity contribution in [3.05, 3.63) is 37.1 Å². The van der Waals surface area contributed by atoms with Gasteiger partial charge in [0.25, 0.3) is 0 Å². The quantitative estimate of drug-likeness (QED) is 0.535. The van der Waals surface area contributed by atoms with Crippen LogP contribution in [0, 0.1) is 0 Å². The first-order chi connectivity index (χ1) is 7.74. The molecule has 1 heterocycles. The largest absolute Gasteiger partial charge is 0.371 e. The zero-order chi connectivity index (χ0) is 11.8. The Morgan fingerprint density at radius 2 is 2.38 bits per heavy atom. The Kier molecular flexibility index (Phi) is 5.62. The summed E-state index contributed by atoms with van der Waals surface area (Å²) >= 11 is 0. The molecule has 0 bridgehead atoms. The van der Waals surface area contributed by atoms with Gasteiger partial charge in [-0.25, -0.2) is 0 Å². The first kappa shape index (κ1) is 12.8. The molecule has 2 nitrogen and oxygen atoms in total. The molecule has 0 saturated heterocycles. The van der Waals surface area contributed by atoms with Gasteiger partial charge in [-0.1, -0.05) is 18.2 Å². The molecule has 1 aliphatic rings. The molecule has 1 aliphatic heterocycles. The highest BCUT2D eigenvalue weighted by Crippen LogP contribution is 2.14. The fourth-order valence-corrected chi connectivity index (χ4v) is 1.86. The van der Waals surface area contributed by atoms with Gasteiger partial charge < -0.3 is 4.90 Å². The van der Waals surface area contributed by atoms with Gasteiger partial charge >= 0.3 is 0 Å². The smallest absolute Gasteiger partial charge is 0.154 e.